The smallest absolute Gasteiger partial charge is 0.0468 e. The Bertz CT molecular complexity index is 277. The lowest BCUT2D eigenvalue weighted by molar-refractivity contribution is 0.311. The van der Waals surface area contributed by atoms with Gasteiger partial charge in [-0.25, -0.2) is 0 Å². The summed E-state index contributed by atoms with van der Waals surface area (Å²) in [6.07, 6.45) is 19.4. The van der Waals surface area contributed by atoms with Crippen LogP contribution in [0.4, 0.5) is 0 Å². The van der Waals surface area contributed by atoms with Crippen LogP contribution in [-0.4, -0.2) is 17.5 Å². The van der Waals surface area contributed by atoms with Crippen LogP contribution in [0.2, 0.25) is 0 Å². The van der Waals surface area contributed by atoms with Crippen LogP contribution < -0.4 is 0 Å². The minimum absolute atomic E-state index is 0.596. The number of hydrogen-bond donors (Lipinski definition) is 0. The Balaban J connectivity index is 1.94. The molecule has 0 aromatic carbocycles. The highest BCUT2D eigenvalue weighted by molar-refractivity contribution is 5.20. The second kappa shape index (κ2) is 10.1. The van der Waals surface area contributed by atoms with E-state index in [-0.39, 0.29) is 0 Å². The van der Waals surface area contributed by atoms with Crippen LogP contribution in [0.1, 0.15) is 78.6 Å². The molecule has 0 aromatic rings. The van der Waals surface area contributed by atoms with E-state index < -0.39 is 0 Å². The van der Waals surface area contributed by atoms with Crippen LogP contribution >= 0.6 is 0 Å². The number of allylic oxidation sites excluding steroid dienone is 2. The molecule has 0 aliphatic carbocycles. The number of nitrogens with zero attached hydrogens (tertiary/aromatic N) is 1. The Morgan fingerprint density at radius 2 is 1.53 bits per heavy atom. The van der Waals surface area contributed by atoms with Crippen molar-refractivity contribution < 1.29 is 0 Å². The molecule has 0 amide bonds. The first kappa shape index (κ1) is 16.3. The van der Waals surface area contributed by atoms with Gasteiger partial charge in [-0.05, 0) is 32.5 Å². The first-order valence-corrected chi connectivity index (χ1v) is 8.36. The molecule has 1 heterocycles. The first-order chi connectivity index (χ1) is 9.25. The highest BCUT2D eigenvalue weighted by Gasteiger charge is 2.13. The molecule has 110 valence electrons. The Kier molecular flexibility index (Phi) is 8.69. The van der Waals surface area contributed by atoms with Crippen molar-refractivity contribution in [1.82, 2.24) is 4.90 Å². The van der Waals surface area contributed by atoms with Crippen LogP contribution in [0.5, 0.6) is 0 Å². The fourth-order valence-corrected chi connectivity index (χ4v) is 2.71. The van der Waals surface area contributed by atoms with Gasteiger partial charge in [0.05, 0.1) is 0 Å². The van der Waals surface area contributed by atoms with Gasteiger partial charge in [-0.2, -0.15) is 0 Å². The summed E-state index contributed by atoms with van der Waals surface area (Å²) in [6, 6.07) is 0.596. The van der Waals surface area contributed by atoms with Crippen LogP contribution in [0.25, 0.3) is 0 Å². The fourth-order valence-electron chi connectivity index (χ4n) is 2.71. The predicted octanol–water partition coefficient (Wildman–Crippen LogP) is 5.68. The first-order valence-electron chi connectivity index (χ1n) is 8.36. The molecular weight excluding hydrogens is 230 g/mol. The molecule has 1 nitrogen and oxygen atoms in total. The summed E-state index contributed by atoms with van der Waals surface area (Å²) < 4.78 is 0. The van der Waals surface area contributed by atoms with Gasteiger partial charge in [-0.3, -0.25) is 0 Å². The zero-order chi connectivity index (χ0) is 13.9. The number of rotatable bonds is 10. The van der Waals surface area contributed by atoms with E-state index in [4.69, 9.17) is 0 Å². The van der Waals surface area contributed by atoms with E-state index in [0.717, 1.165) is 0 Å². The van der Waals surface area contributed by atoms with Crippen LogP contribution in [0.3, 0.4) is 0 Å². The minimum Gasteiger partial charge on any atom is -0.371 e. The van der Waals surface area contributed by atoms with E-state index >= 15 is 0 Å². The maximum Gasteiger partial charge on any atom is 0.0468 e. The van der Waals surface area contributed by atoms with Gasteiger partial charge in [0, 0.05) is 12.6 Å². The summed E-state index contributed by atoms with van der Waals surface area (Å²) in [5, 5.41) is 0. The molecule has 0 aromatic heterocycles. The molecule has 0 N–H and O–H groups in total. The van der Waals surface area contributed by atoms with Crippen molar-refractivity contribution >= 4 is 0 Å². The maximum atomic E-state index is 2.48. The molecule has 0 fully saturated rings. The van der Waals surface area contributed by atoms with Gasteiger partial charge in [-0.15, -0.1) is 0 Å². The molecular formula is C18H33N. The van der Waals surface area contributed by atoms with Gasteiger partial charge in [0.25, 0.3) is 0 Å². The Morgan fingerprint density at radius 1 is 0.947 bits per heavy atom. The van der Waals surface area contributed by atoms with Crippen molar-refractivity contribution in [3.8, 4) is 0 Å². The van der Waals surface area contributed by atoms with E-state index in [1.54, 1.807) is 0 Å². The predicted molar refractivity (Wildman–Crippen MR) is 86.3 cm³/mol. The zero-order valence-corrected chi connectivity index (χ0v) is 13.3. The average Bonchev–Trinajstić information content (AvgIpc) is 2.41. The van der Waals surface area contributed by atoms with E-state index in [1.165, 1.54) is 69.9 Å². The van der Waals surface area contributed by atoms with Gasteiger partial charge >= 0.3 is 0 Å². The van der Waals surface area contributed by atoms with Crippen molar-refractivity contribution in [2.75, 3.05) is 6.54 Å². The quantitative estimate of drug-likeness (QED) is 0.458. The maximum absolute atomic E-state index is 2.48. The summed E-state index contributed by atoms with van der Waals surface area (Å²) >= 11 is 0. The van der Waals surface area contributed by atoms with E-state index in [1.807, 2.05) is 0 Å². The Labute approximate surface area is 120 Å². The van der Waals surface area contributed by atoms with Gasteiger partial charge in [0.2, 0.25) is 0 Å². The average molecular weight is 263 g/mol. The number of hydrogen-bond acceptors (Lipinski definition) is 1. The molecule has 0 spiro atoms. The standard InChI is InChI=1S/C18H33N/c1-4-5-6-7-8-9-10-11-12-15-19-16-13-14-17(2)18(19)3/h13-14,16,18H,4-12,15H2,1-3H3. The van der Waals surface area contributed by atoms with Crippen molar-refractivity contribution in [2.24, 2.45) is 0 Å². The lowest BCUT2D eigenvalue weighted by Crippen LogP contribution is -2.31. The third-order valence-electron chi connectivity index (χ3n) is 4.31. The zero-order valence-electron chi connectivity index (χ0n) is 13.3. The summed E-state index contributed by atoms with van der Waals surface area (Å²) in [6.45, 7) is 8.05. The Morgan fingerprint density at radius 3 is 2.16 bits per heavy atom. The van der Waals surface area contributed by atoms with Crippen molar-refractivity contribution in [1.29, 1.82) is 0 Å². The number of unbranched alkanes of at least 4 members (excludes halogenated alkanes) is 8. The monoisotopic (exact) mass is 263 g/mol. The van der Waals surface area contributed by atoms with Crippen molar-refractivity contribution in [2.45, 2.75) is 84.6 Å². The molecule has 1 aliphatic rings. The SMILES string of the molecule is CCCCCCCCCCCN1C=CC=C(C)C1C. The molecule has 0 radical (unpaired) electrons. The summed E-state index contributed by atoms with van der Waals surface area (Å²) in [4.78, 5) is 2.48. The molecule has 1 heteroatoms. The summed E-state index contributed by atoms with van der Waals surface area (Å²) in [7, 11) is 0. The largest absolute Gasteiger partial charge is 0.371 e. The molecule has 1 rings (SSSR count). The fraction of sp³-hybridized carbons (Fsp3) is 0.778. The highest BCUT2D eigenvalue weighted by atomic mass is 15.1. The summed E-state index contributed by atoms with van der Waals surface area (Å²) in [5.41, 5.74) is 1.48. The van der Waals surface area contributed by atoms with Crippen LogP contribution in [-0.2, 0) is 0 Å². The third-order valence-corrected chi connectivity index (χ3v) is 4.31. The molecule has 1 atom stereocenters. The van der Waals surface area contributed by atoms with Gasteiger partial charge in [0.15, 0.2) is 0 Å². The molecule has 0 saturated heterocycles. The van der Waals surface area contributed by atoms with Crippen molar-refractivity contribution in [3.63, 3.8) is 0 Å². The molecule has 19 heavy (non-hydrogen) atoms. The molecule has 0 bridgehead atoms. The second-order valence-corrected chi connectivity index (χ2v) is 5.99. The normalized spacial score (nSPS) is 18.8. The molecule has 1 aliphatic heterocycles. The van der Waals surface area contributed by atoms with E-state index in [2.05, 4.69) is 44.0 Å². The minimum atomic E-state index is 0.596. The highest BCUT2D eigenvalue weighted by Crippen LogP contribution is 2.17. The van der Waals surface area contributed by atoms with Crippen molar-refractivity contribution in [3.05, 3.63) is 23.9 Å². The van der Waals surface area contributed by atoms with Gasteiger partial charge in [-0.1, -0.05) is 69.9 Å². The van der Waals surface area contributed by atoms with Crippen LogP contribution in [0.15, 0.2) is 23.9 Å². The summed E-state index contributed by atoms with van der Waals surface area (Å²) in [5.74, 6) is 0. The van der Waals surface area contributed by atoms with E-state index in [9.17, 15) is 0 Å². The van der Waals surface area contributed by atoms with Gasteiger partial charge in [0.1, 0.15) is 0 Å². The lowest BCUT2D eigenvalue weighted by Gasteiger charge is -2.30. The van der Waals surface area contributed by atoms with E-state index in [0.29, 0.717) is 6.04 Å². The van der Waals surface area contributed by atoms with Gasteiger partial charge < -0.3 is 4.90 Å². The second-order valence-electron chi connectivity index (χ2n) is 5.99. The topological polar surface area (TPSA) is 3.24 Å². The molecule has 0 saturated carbocycles. The lowest BCUT2D eigenvalue weighted by atomic mass is 10.0. The molecule has 1 unspecified atom stereocenters. The van der Waals surface area contributed by atoms with Crippen LogP contribution in [0, 0.1) is 0 Å². The third kappa shape index (κ3) is 6.84. The Hall–Kier alpha value is -0.720.